The van der Waals surface area contributed by atoms with Crippen LogP contribution in [-0.2, 0) is 0 Å². The van der Waals surface area contributed by atoms with Gasteiger partial charge in [0.15, 0.2) is 0 Å². The van der Waals surface area contributed by atoms with Crippen LogP contribution < -0.4 is 4.74 Å². The summed E-state index contributed by atoms with van der Waals surface area (Å²) in [6, 6.07) is 9.30. The van der Waals surface area contributed by atoms with Crippen molar-refractivity contribution >= 4 is 17.3 Å². The van der Waals surface area contributed by atoms with Crippen LogP contribution in [0, 0.1) is 10.1 Å². The van der Waals surface area contributed by atoms with E-state index in [0.717, 1.165) is 0 Å². The molecule has 2 aromatic rings. The Kier molecular flexibility index (Phi) is 3.20. The lowest BCUT2D eigenvalue weighted by Crippen LogP contribution is -1.95. The molecule has 17 heavy (non-hydrogen) atoms. The minimum absolute atomic E-state index is 0.0418. The van der Waals surface area contributed by atoms with E-state index in [1.54, 1.807) is 24.3 Å². The van der Waals surface area contributed by atoms with Gasteiger partial charge in [-0.25, -0.2) is 4.98 Å². The van der Waals surface area contributed by atoms with Gasteiger partial charge < -0.3 is 4.74 Å². The lowest BCUT2D eigenvalue weighted by Gasteiger charge is -2.04. The van der Waals surface area contributed by atoms with E-state index < -0.39 is 4.92 Å². The van der Waals surface area contributed by atoms with Crippen LogP contribution in [0.3, 0.4) is 0 Å². The van der Waals surface area contributed by atoms with Gasteiger partial charge in [0.1, 0.15) is 5.75 Å². The Bertz CT molecular complexity index is 543. The zero-order valence-electron chi connectivity index (χ0n) is 8.54. The Labute approximate surface area is 102 Å². The summed E-state index contributed by atoms with van der Waals surface area (Å²) in [7, 11) is 0. The number of aromatic nitrogens is 1. The van der Waals surface area contributed by atoms with Crippen molar-refractivity contribution in [2.75, 3.05) is 0 Å². The van der Waals surface area contributed by atoms with E-state index in [-0.39, 0.29) is 11.6 Å². The Balaban J connectivity index is 2.30. The second-order valence-electron chi connectivity index (χ2n) is 3.14. The van der Waals surface area contributed by atoms with E-state index in [0.29, 0.717) is 10.8 Å². The molecule has 1 heterocycles. The zero-order chi connectivity index (χ0) is 12.3. The molecule has 0 aliphatic heterocycles. The molecule has 0 N–H and O–H groups in total. The Morgan fingerprint density at radius 1 is 1.24 bits per heavy atom. The Morgan fingerprint density at radius 3 is 2.59 bits per heavy atom. The van der Waals surface area contributed by atoms with Crippen LogP contribution in [0.25, 0.3) is 0 Å². The van der Waals surface area contributed by atoms with Gasteiger partial charge in [0.2, 0.25) is 0 Å². The Hall–Kier alpha value is -2.14. The first kappa shape index (κ1) is 11.3. The largest absolute Gasteiger partial charge is 0.434 e. The number of halogens is 1. The summed E-state index contributed by atoms with van der Waals surface area (Å²) in [6.45, 7) is 0. The summed E-state index contributed by atoms with van der Waals surface area (Å²) >= 11 is 5.72. The maximum atomic E-state index is 10.7. The second-order valence-corrected chi connectivity index (χ2v) is 3.58. The van der Waals surface area contributed by atoms with E-state index in [2.05, 4.69) is 4.98 Å². The van der Waals surface area contributed by atoms with Gasteiger partial charge in [-0.2, -0.15) is 0 Å². The van der Waals surface area contributed by atoms with Gasteiger partial charge in [0, 0.05) is 17.3 Å². The molecule has 0 unspecified atom stereocenters. The number of hydrogen-bond donors (Lipinski definition) is 0. The third-order valence-corrected chi connectivity index (χ3v) is 2.23. The number of hydrogen-bond acceptors (Lipinski definition) is 4. The molecule has 0 saturated carbocycles. The molecule has 0 radical (unpaired) electrons. The minimum atomic E-state index is -0.543. The summed E-state index contributed by atoms with van der Waals surface area (Å²) in [5, 5.41) is 11.3. The van der Waals surface area contributed by atoms with Gasteiger partial charge in [-0.15, -0.1) is 0 Å². The quantitative estimate of drug-likeness (QED) is 0.618. The topological polar surface area (TPSA) is 65.3 Å². The van der Waals surface area contributed by atoms with Crippen LogP contribution in [-0.4, -0.2) is 9.91 Å². The number of nitro groups is 1. The van der Waals surface area contributed by atoms with E-state index in [1.165, 1.54) is 18.3 Å². The molecule has 1 aromatic carbocycles. The number of benzene rings is 1. The van der Waals surface area contributed by atoms with Crippen molar-refractivity contribution in [3.05, 3.63) is 57.7 Å². The van der Waals surface area contributed by atoms with Crippen molar-refractivity contribution in [1.29, 1.82) is 0 Å². The van der Waals surface area contributed by atoms with Gasteiger partial charge in [-0.3, -0.25) is 10.1 Å². The molecule has 0 aliphatic carbocycles. The van der Waals surface area contributed by atoms with Crippen molar-refractivity contribution in [3.8, 4) is 11.6 Å². The Morgan fingerprint density at radius 2 is 1.94 bits per heavy atom. The highest BCUT2D eigenvalue weighted by molar-refractivity contribution is 6.30. The molecule has 0 saturated heterocycles. The summed E-state index contributed by atoms with van der Waals surface area (Å²) in [5.74, 6) is 0.399. The van der Waals surface area contributed by atoms with Crippen LogP contribution in [0.4, 0.5) is 5.69 Å². The summed E-state index contributed by atoms with van der Waals surface area (Å²) < 4.78 is 5.31. The lowest BCUT2D eigenvalue weighted by molar-refractivity contribution is -0.386. The number of rotatable bonds is 3. The van der Waals surface area contributed by atoms with Crippen LogP contribution in [0.5, 0.6) is 11.6 Å². The van der Waals surface area contributed by atoms with E-state index in [4.69, 9.17) is 16.3 Å². The minimum Gasteiger partial charge on any atom is -0.434 e. The highest BCUT2D eigenvalue weighted by Crippen LogP contribution is 2.28. The normalized spacial score (nSPS) is 9.94. The SMILES string of the molecule is O=[N+]([O-])c1cccnc1Oc1ccc(Cl)cc1. The fourth-order valence-electron chi connectivity index (χ4n) is 1.21. The predicted octanol–water partition coefficient (Wildman–Crippen LogP) is 3.44. The van der Waals surface area contributed by atoms with Crippen molar-refractivity contribution in [1.82, 2.24) is 4.98 Å². The van der Waals surface area contributed by atoms with Gasteiger partial charge in [0.05, 0.1) is 4.92 Å². The predicted molar refractivity (Wildman–Crippen MR) is 62.4 cm³/mol. The van der Waals surface area contributed by atoms with Crippen molar-refractivity contribution < 1.29 is 9.66 Å². The van der Waals surface area contributed by atoms with Crippen LogP contribution >= 0.6 is 11.6 Å². The third-order valence-electron chi connectivity index (χ3n) is 1.98. The zero-order valence-corrected chi connectivity index (χ0v) is 9.29. The molecule has 0 atom stereocenters. The smallest absolute Gasteiger partial charge is 0.331 e. The first-order chi connectivity index (χ1) is 8.16. The maximum Gasteiger partial charge on any atom is 0.331 e. The molecular weight excluding hydrogens is 244 g/mol. The summed E-state index contributed by atoms with van der Waals surface area (Å²) in [4.78, 5) is 14.0. The summed E-state index contributed by atoms with van der Waals surface area (Å²) in [5.41, 5.74) is -0.178. The van der Waals surface area contributed by atoms with E-state index >= 15 is 0 Å². The molecule has 1 aromatic heterocycles. The average molecular weight is 251 g/mol. The fraction of sp³-hybridized carbons (Fsp3) is 0. The first-order valence-electron chi connectivity index (χ1n) is 4.69. The van der Waals surface area contributed by atoms with Crippen LogP contribution in [0.1, 0.15) is 0 Å². The molecule has 6 heteroatoms. The van der Waals surface area contributed by atoms with Crippen LogP contribution in [0.15, 0.2) is 42.6 Å². The summed E-state index contributed by atoms with van der Waals surface area (Å²) in [6.07, 6.45) is 1.43. The molecule has 2 rings (SSSR count). The highest BCUT2D eigenvalue weighted by Gasteiger charge is 2.16. The number of pyridine rings is 1. The van der Waals surface area contributed by atoms with Gasteiger partial charge >= 0.3 is 5.69 Å². The molecule has 86 valence electrons. The van der Waals surface area contributed by atoms with Crippen molar-refractivity contribution in [2.45, 2.75) is 0 Å². The third kappa shape index (κ3) is 2.70. The van der Waals surface area contributed by atoms with E-state index in [9.17, 15) is 10.1 Å². The highest BCUT2D eigenvalue weighted by atomic mass is 35.5. The molecule has 0 fully saturated rings. The molecule has 0 amide bonds. The van der Waals surface area contributed by atoms with Crippen molar-refractivity contribution in [2.24, 2.45) is 0 Å². The van der Waals surface area contributed by atoms with Gasteiger partial charge in [-0.05, 0) is 30.3 Å². The second kappa shape index (κ2) is 4.80. The first-order valence-corrected chi connectivity index (χ1v) is 5.07. The number of nitrogens with zero attached hydrogens (tertiary/aromatic N) is 2. The molecule has 0 aliphatic rings. The average Bonchev–Trinajstić information content (AvgIpc) is 2.32. The molecule has 5 nitrogen and oxygen atoms in total. The fourth-order valence-corrected chi connectivity index (χ4v) is 1.34. The molecule has 0 bridgehead atoms. The standard InChI is InChI=1S/C11H7ClN2O3/c12-8-3-5-9(6-4-8)17-11-10(14(15)16)2-1-7-13-11/h1-7H. The molecule has 0 spiro atoms. The van der Waals surface area contributed by atoms with Gasteiger partial charge in [-0.1, -0.05) is 11.6 Å². The molecular formula is C11H7ClN2O3. The lowest BCUT2D eigenvalue weighted by atomic mass is 10.3. The monoisotopic (exact) mass is 250 g/mol. The maximum absolute atomic E-state index is 10.7. The number of ether oxygens (including phenoxy) is 1. The van der Waals surface area contributed by atoms with Gasteiger partial charge in [0.25, 0.3) is 5.88 Å². The van der Waals surface area contributed by atoms with Crippen LogP contribution in [0.2, 0.25) is 5.02 Å². The van der Waals surface area contributed by atoms with Crippen molar-refractivity contribution in [3.63, 3.8) is 0 Å². The van der Waals surface area contributed by atoms with E-state index in [1.807, 2.05) is 0 Å².